The maximum Gasteiger partial charge on any atom is 0.292 e. The van der Waals surface area contributed by atoms with E-state index >= 15 is 0 Å². The summed E-state index contributed by atoms with van der Waals surface area (Å²) in [5.74, 6) is 0. The summed E-state index contributed by atoms with van der Waals surface area (Å²) >= 11 is 0. The van der Waals surface area contributed by atoms with E-state index in [0.717, 1.165) is 0 Å². The molecule has 0 radical (unpaired) electrons. The minimum absolute atomic E-state index is 0.0456. The molecule has 2 atom stereocenters. The molecule has 1 aromatic carbocycles. The van der Waals surface area contributed by atoms with Crippen molar-refractivity contribution in [1.82, 2.24) is 4.98 Å². The second-order valence-electron chi connectivity index (χ2n) is 3.65. The summed E-state index contributed by atoms with van der Waals surface area (Å²) in [4.78, 5) is 3.91. The van der Waals surface area contributed by atoms with Crippen LogP contribution in [0.2, 0.25) is 0 Å². The quantitative estimate of drug-likeness (QED) is 0.719. The summed E-state index contributed by atoms with van der Waals surface area (Å²) < 4.78 is 5.08. The minimum atomic E-state index is -1.13. The van der Waals surface area contributed by atoms with Crippen LogP contribution in [-0.4, -0.2) is 21.3 Å². The van der Waals surface area contributed by atoms with Gasteiger partial charge < -0.3 is 20.4 Å². The first-order valence-electron chi connectivity index (χ1n) is 5.01. The number of benzene rings is 1. The lowest BCUT2D eigenvalue weighted by Gasteiger charge is -2.15. The number of hydrogen-bond acceptors (Lipinski definition) is 6. The molecule has 0 saturated heterocycles. The lowest BCUT2D eigenvalue weighted by molar-refractivity contribution is 0.0217. The average molecular weight is 233 g/mol. The fraction of sp³-hybridized carbons (Fsp3) is 0.273. The number of rotatable bonds is 3. The number of fused-ring (bicyclic) bond motifs is 1. The molecule has 1 aromatic heterocycles. The van der Waals surface area contributed by atoms with Crippen LogP contribution >= 0.6 is 0 Å². The Morgan fingerprint density at radius 2 is 2.24 bits per heavy atom. The van der Waals surface area contributed by atoms with Crippen LogP contribution in [0.25, 0.3) is 11.1 Å². The standard InChI is InChI=1S/C11H11N3O3/c12-4-3-8(15)10(16)6-1-2-9-7(5-6)14-11(13)17-9/h1-2,5,8,10,15-16H,3H2,(H2,13,14). The minimum Gasteiger partial charge on any atom is -0.424 e. The molecule has 0 bridgehead atoms. The zero-order valence-corrected chi connectivity index (χ0v) is 8.87. The van der Waals surface area contributed by atoms with E-state index in [-0.39, 0.29) is 12.4 Å². The first-order valence-corrected chi connectivity index (χ1v) is 5.01. The number of nitrogens with two attached hydrogens (primary N) is 1. The molecule has 2 aromatic rings. The monoisotopic (exact) mass is 233 g/mol. The van der Waals surface area contributed by atoms with Crippen molar-refractivity contribution >= 4 is 17.1 Å². The SMILES string of the molecule is N#CCC(O)C(O)c1ccc2oc(N)nc2c1. The third kappa shape index (κ3) is 2.20. The molecule has 4 N–H and O–H groups in total. The highest BCUT2D eigenvalue weighted by atomic mass is 16.4. The van der Waals surface area contributed by atoms with Crippen LogP contribution < -0.4 is 5.73 Å². The molecular formula is C11H11N3O3. The molecule has 2 unspecified atom stereocenters. The van der Waals surface area contributed by atoms with Crippen LogP contribution in [0.5, 0.6) is 0 Å². The maximum atomic E-state index is 9.80. The second-order valence-corrected chi connectivity index (χ2v) is 3.65. The second kappa shape index (κ2) is 4.41. The van der Waals surface area contributed by atoms with E-state index in [1.807, 2.05) is 0 Å². The van der Waals surface area contributed by atoms with Crippen LogP contribution in [0, 0.1) is 11.3 Å². The van der Waals surface area contributed by atoms with Gasteiger partial charge in [-0.2, -0.15) is 10.2 Å². The molecule has 0 aliphatic carbocycles. The van der Waals surface area contributed by atoms with Crippen LogP contribution in [0.15, 0.2) is 22.6 Å². The molecule has 0 aliphatic rings. The summed E-state index contributed by atoms with van der Waals surface area (Å²) in [6.07, 6.45) is -2.39. The number of hydrogen-bond donors (Lipinski definition) is 3. The van der Waals surface area contributed by atoms with Crippen molar-refractivity contribution in [3.8, 4) is 6.07 Å². The Kier molecular flexibility index (Phi) is 2.95. The van der Waals surface area contributed by atoms with Crippen LogP contribution in [0.3, 0.4) is 0 Å². The predicted molar refractivity (Wildman–Crippen MR) is 59.6 cm³/mol. The van der Waals surface area contributed by atoms with E-state index in [1.165, 1.54) is 0 Å². The lowest BCUT2D eigenvalue weighted by Crippen LogP contribution is -2.17. The van der Waals surface area contributed by atoms with Gasteiger partial charge in [-0.15, -0.1) is 0 Å². The van der Waals surface area contributed by atoms with Gasteiger partial charge in [0.1, 0.15) is 11.6 Å². The zero-order valence-electron chi connectivity index (χ0n) is 8.87. The van der Waals surface area contributed by atoms with Crippen molar-refractivity contribution in [2.24, 2.45) is 0 Å². The van der Waals surface area contributed by atoms with Gasteiger partial charge in [0.25, 0.3) is 6.01 Å². The zero-order chi connectivity index (χ0) is 12.4. The lowest BCUT2D eigenvalue weighted by atomic mass is 10.0. The fourth-order valence-electron chi connectivity index (χ4n) is 1.57. The van der Waals surface area contributed by atoms with Crippen molar-refractivity contribution in [2.75, 3.05) is 5.73 Å². The van der Waals surface area contributed by atoms with Gasteiger partial charge in [-0.05, 0) is 17.7 Å². The van der Waals surface area contributed by atoms with Gasteiger partial charge in [-0.25, -0.2) is 0 Å². The fourth-order valence-corrected chi connectivity index (χ4v) is 1.57. The van der Waals surface area contributed by atoms with Crippen molar-refractivity contribution in [2.45, 2.75) is 18.6 Å². The average Bonchev–Trinajstić information content (AvgIpc) is 2.67. The molecule has 1 heterocycles. The van der Waals surface area contributed by atoms with E-state index in [1.54, 1.807) is 24.3 Å². The number of nitriles is 1. The van der Waals surface area contributed by atoms with Gasteiger partial charge in [0, 0.05) is 0 Å². The van der Waals surface area contributed by atoms with Crippen LogP contribution in [0.1, 0.15) is 18.1 Å². The predicted octanol–water partition coefficient (Wildman–Crippen LogP) is 0.718. The molecule has 0 saturated carbocycles. The Balaban J connectivity index is 2.32. The van der Waals surface area contributed by atoms with Crippen LogP contribution in [-0.2, 0) is 0 Å². The van der Waals surface area contributed by atoms with Crippen molar-refractivity contribution < 1.29 is 14.6 Å². The summed E-state index contributed by atoms with van der Waals surface area (Å²) in [5.41, 5.74) is 6.87. The largest absolute Gasteiger partial charge is 0.424 e. The Labute approximate surface area is 96.9 Å². The van der Waals surface area contributed by atoms with E-state index in [4.69, 9.17) is 15.4 Å². The Hall–Kier alpha value is -2.10. The van der Waals surface area contributed by atoms with Gasteiger partial charge >= 0.3 is 0 Å². The summed E-state index contributed by atoms with van der Waals surface area (Å²) in [5, 5.41) is 27.7. The highest BCUT2D eigenvalue weighted by Gasteiger charge is 2.19. The molecule has 0 aliphatic heterocycles. The highest BCUT2D eigenvalue weighted by molar-refractivity contribution is 5.75. The molecule has 6 heteroatoms. The number of nitrogen functional groups attached to an aromatic ring is 1. The number of nitrogens with zero attached hydrogens (tertiary/aromatic N) is 2. The molecule has 6 nitrogen and oxygen atoms in total. The molecule has 17 heavy (non-hydrogen) atoms. The number of aliphatic hydroxyl groups excluding tert-OH is 2. The number of aromatic nitrogens is 1. The Morgan fingerprint density at radius 3 is 2.94 bits per heavy atom. The Bertz CT molecular complexity index is 573. The van der Waals surface area contributed by atoms with Crippen molar-refractivity contribution in [3.63, 3.8) is 0 Å². The van der Waals surface area contributed by atoms with E-state index in [9.17, 15) is 10.2 Å². The smallest absolute Gasteiger partial charge is 0.292 e. The van der Waals surface area contributed by atoms with Gasteiger partial charge in [0.2, 0.25) is 0 Å². The topological polar surface area (TPSA) is 116 Å². The highest BCUT2D eigenvalue weighted by Crippen LogP contribution is 2.24. The molecule has 0 fully saturated rings. The molecule has 2 rings (SSSR count). The van der Waals surface area contributed by atoms with Crippen molar-refractivity contribution in [3.05, 3.63) is 23.8 Å². The molecule has 0 amide bonds. The summed E-state index contributed by atoms with van der Waals surface area (Å²) in [7, 11) is 0. The van der Waals surface area contributed by atoms with E-state index < -0.39 is 12.2 Å². The third-order valence-electron chi connectivity index (χ3n) is 2.43. The molecular weight excluding hydrogens is 222 g/mol. The van der Waals surface area contributed by atoms with Gasteiger partial charge in [-0.1, -0.05) is 6.07 Å². The summed E-state index contributed by atoms with van der Waals surface area (Å²) in [6, 6.07) is 6.61. The van der Waals surface area contributed by atoms with Gasteiger partial charge in [0.05, 0.1) is 18.6 Å². The number of anilines is 1. The van der Waals surface area contributed by atoms with Gasteiger partial charge in [-0.3, -0.25) is 0 Å². The first kappa shape index (κ1) is 11.4. The normalized spacial score (nSPS) is 14.4. The maximum absolute atomic E-state index is 9.80. The number of aliphatic hydroxyl groups is 2. The number of oxazole rings is 1. The molecule has 88 valence electrons. The molecule has 0 spiro atoms. The third-order valence-corrected chi connectivity index (χ3v) is 2.43. The summed E-state index contributed by atoms with van der Waals surface area (Å²) in [6.45, 7) is 0. The van der Waals surface area contributed by atoms with E-state index in [0.29, 0.717) is 16.7 Å². The van der Waals surface area contributed by atoms with Crippen LogP contribution in [0.4, 0.5) is 6.01 Å². The van der Waals surface area contributed by atoms with Crippen molar-refractivity contribution in [1.29, 1.82) is 5.26 Å². The van der Waals surface area contributed by atoms with Gasteiger partial charge in [0.15, 0.2) is 5.58 Å². The van der Waals surface area contributed by atoms with E-state index in [2.05, 4.69) is 4.98 Å². The first-order chi connectivity index (χ1) is 8.11. The Morgan fingerprint density at radius 1 is 1.47 bits per heavy atom.